The van der Waals surface area contributed by atoms with E-state index in [1.54, 1.807) is 0 Å². The van der Waals surface area contributed by atoms with Crippen molar-refractivity contribution in [3.05, 3.63) is 35.4 Å². The van der Waals surface area contributed by atoms with Gasteiger partial charge < -0.3 is 4.90 Å². The topological polar surface area (TPSA) is 20.3 Å². The Bertz CT molecular complexity index is 386. The third-order valence-electron chi connectivity index (χ3n) is 3.32. The van der Waals surface area contributed by atoms with Crippen LogP contribution in [0.2, 0.25) is 0 Å². The van der Waals surface area contributed by atoms with Crippen molar-refractivity contribution < 1.29 is 4.79 Å². The molecule has 0 radical (unpaired) electrons. The Morgan fingerprint density at radius 2 is 2.12 bits per heavy atom. The SMILES string of the molecule is Cc1ccccc1C(=O)N1CCC[C@@H](C)C1. The Hall–Kier alpha value is -1.31. The van der Waals surface area contributed by atoms with Crippen LogP contribution in [0.1, 0.15) is 35.7 Å². The van der Waals surface area contributed by atoms with E-state index in [1.807, 2.05) is 36.1 Å². The highest BCUT2D eigenvalue weighted by atomic mass is 16.2. The molecule has 2 heteroatoms. The summed E-state index contributed by atoms with van der Waals surface area (Å²) in [6.07, 6.45) is 2.39. The van der Waals surface area contributed by atoms with E-state index in [2.05, 4.69) is 6.92 Å². The van der Waals surface area contributed by atoms with Crippen LogP contribution in [-0.2, 0) is 0 Å². The number of piperidine rings is 1. The molecule has 1 saturated heterocycles. The molecule has 1 aliphatic rings. The number of benzene rings is 1. The van der Waals surface area contributed by atoms with E-state index in [9.17, 15) is 4.79 Å². The van der Waals surface area contributed by atoms with Crippen molar-refractivity contribution in [1.29, 1.82) is 0 Å². The highest BCUT2D eigenvalue weighted by molar-refractivity contribution is 5.95. The first-order valence-electron chi connectivity index (χ1n) is 6.03. The summed E-state index contributed by atoms with van der Waals surface area (Å²) in [4.78, 5) is 14.3. The van der Waals surface area contributed by atoms with Gasteiger partial charge in [-0.3, -0.25) is 4.79 Å². The van der Waals surface area contributed by atoms with E-state index in [-0.39, 0.29) is 5.91 Å². The minimum absolute atomic E-state index is 0.199. The van der Waals surface area contributed by atoms with Crippen molar-refractivity contribution in [2.45, 2.75) is 26.7 Å². The molecule has 0 spiro atoms. The first-order valence-corrected chi connectivity index (χ1v) is 6.03. The standard InChI is InChI=1S/C14H19NO/c1-11-6-5-9-15(10-11)14(16)13-8-4-3-7-12(13)2/h3-4,7-8,11H,5-6,9-10H2,1-2H3/t11-/m1/s1. The van der Waals surface area contributed by atoms with Crippen molar-refractivity contribution in [3.63, 3.8) is 0 Å². The van der Waals surface area contributed by atoms with Gasteiger partial charge in [-0.25, -0.2) is 0 Å². The van der Waals surface area contributed by atoms with Gasteiger partial charge in [-0.15, -0.1) is 0 Å². The Kier molecular flexibility index (Phi) is 3.28. The second kappa shape index (κ2) is 4.69. The molecule has 86 valence electrons. The van der Waals surface area contributed by atoms with E-state index < -0.39 is 0 Å². The van der Waals surface area contributed by atoms with E-state index in [1.165, 1.54) is 6.42 Å². The summed E-state index contributed by atoms with van der Waals surface area (Å²) in [6.45, 7) is 6.04. The molecule has 0 unspecified atom stereocenters. The maximum atomic E-state index is 12.3. The molecule has 0 aromatic heterocycles. The van der Waals surface area contributed by atoms with Crippen molar-refractivity contribution in [2.75, 3.05) is 13.1 Å². The first kappa shape index (κ1) is 11.2. The van der Waals surface area contributed by atoms with Crippen LogP contribution >= 0.6 is 0 Å². The summed E-state index contributed by atoms with van der Waals surface area (Å²) < 4.78 is 0. The van der Waals surface area contributed by atoms with E-state index in [0.717, 1.165) is 30.6 Å². The minimum Gasteiger partial charge on any atom is -0.338 e. The van der Waals surface area contributed by atoms with Gasteiger partial charge in [0.05, 0.1) is 0 Å². The number of carbonyl (C=O) groups is 1. The van der Waals surface area contributed by atoms with E-state index in [4.69, 9.17) is 0 Å². The first-order chi connectivity index (χ1) is 7.68. The third-order valence-corrected chi connectivity index (χ3v) is 3.32. The number of amides is 1. The molecule has 1 fully saturated rings. The maximum absolute atomic E-state index is 12.3. The predicted molar refractivity (Wildman–Crippen MR) is 65.5 cm³/mol. The van der Waals surface area contributed by atoms with Crippen LogP contribution in [0.15, 0.2) is 24.3 Å². The van der Waals surface area contributed by atoms with Crippen molar-refractivity contribution in [1.82, 2.24) is 4.90 Å². The van der Waals surface area contributed by atoms with Gasteiger partial charge in [0.2, 0.25) is 0 Å². The Labute approximate surface area is 97.3 Å². The number of rotatable bonds is 1. The molecule has 0 N–H and O–H groups in total. The van der Waals surface area contributed by atoms with Crippen molar-refractivity contribution in [2.24, 2.45) is 5.92 Å². The van der Waals surface area contributed by atoms with Crippen LogP contribution in [0.4, 0.5) is 0 Å². The average Bonchev–Trinajstić information content (AvgIpc) is 2.29. The van der Waals surface area contributed by atoms with Crippen LogP contribution in [0.3, 0.4) is 0 Å². The van der Waals surface area contributed by atoms with Gasteiger partial charge in [-0.05, 0) is 37.3 Å². The molecule has 1 amide bonds. The Morgan fingerprint density at radius 1 is 1.38 bits per heavy atom. The van der Waals surface area contributed by atoms with Gasteiger partial charge in [0.1, 0.15) is 0 Å². The van der Waals surface area contributed by atoms with E-state index >= 15 is 0 Å². The van der Waals surface area contributed by atoms with Crippen LogP contribution in [0, 0.1) is 12.8 Å². The molecule has 0 saturated carbocycles. The molecular formula is C14H19NO. The summed E-state index contributed by atoms with van der Waals surface area (Å²) in [7, 11) is 0. The molecule has 0 aliphatic carbocycles. The Morgan fingerprint density at radius 3 is 2.81 bits per heavy atom. The lowest BCUT2D eigenvalue weighted by Crippen LogP contribution is -2.39. The van der Waals surface area contributed by atoms with Gasteiger partial charge in [0.25, 0.3) is 5.91 Å². The summed E-state index contributed by atoms with van der Waals surface area (Å²) in [6, 6.07) is 7.84. The molecule has 1 heterocycles. The fraction of sp³-hybridized carbons (Fsp3) is 0.500. The van der Waals surface area contributed by atoms with Gasteiger partial charge >= 0.3 is 0 Å². The molecule has 0 bridgehead atoms. The normalized spacial score (nSPS) is 20.9. The third kappa shape index (κ3) is 2.26. The van der Waals surface area contributed by atoms with Crippen LogP contribution in [-0.4, -0.2) is 23.9 Å². The summed E-state index contributed by atoms with van der Waals surface area (Å²) >= 11 is 0. The number of hydrogen-bond acceptors (Lipinski definition) is 1. The highest BCUT2D eigenvalue weighted by Gasteiger charge is 2.22. The molecule has 16 heavy (non-hydrogen) atoms. The highest BCUT2D eigenvalue weighted by Crippen LogP contribution is 2.19. The quantitative estimate of drug-likeness (QED) is 0.708. The summed E-state index contributed by atoms with van der Waals surface area (Å²) in [5, 5.41) is 0. The molecule has 1 aromatic carbocycles. The van der Waals surface area contributed by atoms with Gasteiger partial charge in [0.15, 0.2) is 0 Å². The summed E-state index contributed by atoms with van der Waals surface area (Å²) in [5.74, 6) is 0.839. The smallest absolute Gasteiger partial charge is 0.254 e. The van der Waals surface area contributed by atoms with Gasteiger partial charge in [-0.1, -0.05) is 25.1 Å². The molecule has 2 nitrogen and oxygen atoms in total. The van der Waals surface area contributed by atoms with Gasteiger partial charge in [-0.2, -0.15) is 0 Å². The fourth-order valence-corrected chi connectivity index (χ4v) is 2.36. The zero-order chi connectivity index (χ0) is 11.5. The van der Waals surface area contributed by atoms with E-state index in [0.29, 0.717) is 5.92 Å². The average molecular weight is 217 g/mol. The molecular weight excluding hydrogens is 198 g/mol. The lowest BCUT2D eigenvalue weighted by atomic mass is 9.99. The number of nitrogens with zero attached hydrogens (tertiary/aromatic N) is 1. The lowest BCUT2D eigenvalue weighted by Gasteiger charge is -2.31. The summed E-state index contributed by atoms with van der Waals surface area (Å²) in [5.41, 5.74) is 1.93. The number of hydrogen-bond donors (Lipinski definition) is 0. The predicted octanol–water partition coefficient (Wildman–Crippen LogP) is 2.87. The maximum Gasteiger partial charge on any atom is 0.254 e. The second-order valence-corrected chi connectivity index (χ2v) is 4.81. The van der Waals surface area contributed by atoms with Crippen LogP contribution in [0.5, 0.6) is 0 Å². The second-order valence-electron chi connectivity index (χ2n) is 4.81. The fourth-order valence-electron chi connectivity index (χ4n) is 2.36. The monoisotopic (exact) mass is 217 g/mol. The minimum atomic E-state index is 0.199. The number of likely N-dealkylation sites (tertiary alicyclic amines) is 1. The lowest BCUT2D eigenvalue weighted by molar-refractivity contribution is 0.0682. The zero-order valence-electron chi connectivity index (χ0n) is 10.1. The van der Waals surface area contributed by atoms with Crippen LogP contribution in [0.25, 0.3) is 0 Å². The largest absolute Gasteiger partial charge is 0.338 e. The molecule has 1 aromatic rings. The van der Waals surface area contributed by atoms with Crippen molar-refractivity contribution >= 4 is 5.91 Å². The Balaban J connectivity index is 2.16. The number of aryl methyl sites for hydroxylation is 1. The molecule has 1 aliphatic heterocycles. The van der Waals surface area contributed by atoms with Crippen molar-refractivity contribution in [3.8, 4) is 0 Å². The molecule has 1 atom stereocenters. The van der Waals surface area contributed by atoms with Gasteiger partial charge in [0, 0.05) is 18.7 Å². The zero-order valence-corrected chi connectivity index (χ0v) is 10.1. The van der Waals surface area contributed by atoms with Crippen LogP contribution < -0.4 is 0 Å². The molecule has 2 rings (SSSR count). The number of carbonyl (C=O) groups excluding carboxylic acids is 1.